The van der Waals surface area contributed by atoms with Crippen molar-refractivity contribution < 1.29 is 14.4 Å². The van der Waals surface area contributed by atoms with Gasteiger partial charge in [-0.1, -0.05) is 53.7 Å². The Bertz CT molecular complexity index is 998. The molecule has 0 fully saturated rings. The van der Waals surface area contributed by atoms with Gasteiger partial charge in [0.05, 0.1) is 5.69 Å². The molecular weight excluding hydrogens is 450 g/mol. The summed E-state index contributed by atoms with van der Waals surface area (Å²) < 4.78 is 3.98. The van der Waals surface area contributed by atoms with Crippen LogP contribution < -0.4 is 21.7 Å². The number of hydrogen-bond donors (Lipinski definition) is 3. The van der Waals surface area contributed by atoms with Gasteiger partial charge in [0.1, 0.15) is 10.9 Å². The van der Waals surface area contributed by atoms with Crippen LogP contribution in [0.4, 0.5) is 11.4 Å². The van der Waals surface area contributed by atoms with E-state index in [1.807, 2.05) is 38.1 Å². The number of nitrogens with zero attached hydrogens (tertiary/aromatic N) is 2. The van der Waals surface area contributed by atoms with E-state index in [9.17, 15) is 14.4 Å². The van der Waals surface area contributed by atoms with Gasteiger partial charge >= 0.3 is 0 Å². The van der Waals surface area contributed by atoms with E-state index in [2.05, 4.69) is 37.4 Å². The van der Waals surface area contributed by atoms with E-state index in [-0.39, 0.29) is 28.1 Å². The molecule has 0 saturated carbocycles. The molecule has 0 saturated heterocycles. The maximum atomic E-state index is 13.8. The number of rotatable bonds is 11. The van der Waals surface area contributed by atoms with Crippen LogP contribution in [-0.4, -0.2) is 34.7 Å². The molecule has 0 aliphatic rings. The van der Waals surface area contributed by atoms with Crippen molar-refractivity contribution in [2.45, 2.75) is 66.3 Å². The Kier molecular flexibility index (Phi) is 9.61. The Hall–Kier alpha value is -2.94. The highest BCUT2D eigenvalue weighted by molar-refractivity contribution is 7.09. The monoisotopic (exact) mass is 487 g/mol. The van der Waals surface area contributed by atoms with Crippen molar-refractivity contribution in [3.63, 3.8) is 0 Å². The lowest BCUT2D eigenvalue weighted by atomic mass is 9.98. The standard InChI is InChI=1S/C25H37N5O3S/c1-14(2)11-12-28-24(32)19(13-15(3)4)30(18-9-7-17(8-10-18)16(5)6)25(33)22-20(26)21(23(27)31)29-34-22/h7-10,14-16,19H,11-13,26H2,1-6H3,(H2,27,31)(H,28,32). The molecule has 34 heavy (non-hydrogen) atoms. The summed E-state index contributed by atoms with van der Waals surface area (Å²) in [5.41, 5.74) is 12.9. The molecule has 1 heterocycles. The Balaban J connectivity index is 2.55. The molecule has 2 rings (SSSR count). The van der Waals surface area contributed by atoms with E-state index in [1.54, 1.807) is 0 Å². The highest BCUT2D eigenvalue weighted by Gasteiger charge is 2.35. The number of anilines is 2. The second-order valence-corrected chi connectivity index (χ2v) is 10.5. The van der Waals surface area contributed by atoms with Gasteiger partial charge < -0.3 is 16.8 Å². The van der Waals surface area contributed by atoms with Gasteiger partial charge in [-0.25, -0.2) is 0 Å². The number of carbonyl (C=O) groups is 3. The molecule has 3 amide bonds. The molecule has 0 radical (unpaired) electrons. The summed E-state index contributed by atoms with van der Waals surface area (Å²) in [7, 11) is 0. The maximum Gasteiger partial charge on any atom is 0.272 e. The lowest BCUT2D eigenvalue weighted by Crippen LogP contribution is -2.51. The van der Waals surface area contributed by atoms with E-state index < -0.39 is 17.9 Å². The van der Waals surface area contributed by atoms with Gasteiger partial charge in [-0.05, 0) is 59.8 Å². The van der Waals surface area contributed by atoms with Crippen LogP contribution in [0.2, 0.25) is 0 Å². The summed E-state index contributed by atoms with van der Waals surface area (Å²) in [5, 5.41) is 2.99. The third-order valence-corrected chi connectivity index (χ3v) is 6.39. The van der Waals surface area contributed by atoms with Crippen molar-refractivity contribution >= 4 is 40.6 Å². The Morgan fingerprint density at radius 2 is 1.65 bits per heavy atom. The highest BCUT2D eigenvalue weighted by atomic mass is 32.1. The molecule has 1 unspecified atom stereocenters. The van der Waals surface area contributed by atoms with E-state index in [1.165, 1.54) is 4.90 Å². The van der Waals surface area contributed by atoms with Gasteiger partial charge in [-0.15, -0.1) is 0 Å². The third kappa shape index (κ3) is 6.79. The zero-order valence-electron chi connectivity index (χ0n) is 20.9. The molecule has 5 N–H and O–H groups in total. The quantitative estimate of drug-likeness (QED) is 0.438. The first kappa shape index (κ1) is 27.3. The van der Waals surface area contributed by atoms with Crippen molar-refractivity contribution in [2.75, 3.05) is 17.2 Å². The summed E-state index contributed by atoms with van der Waals surface area (Å²) in [4.78, 5) is 40.4. The van der Waals surface area contributed by atoms with E-state index in [0.717, 1.165) is 23.5 Å². The van der Waals surface area contributed by atoms with Crippen molar-refractivity contribution in [1.29, 1.82) is 0 Å². The minimum Gasteiger partial charge on any atom is -0.395 e. The minimum atomic E-state index is -0.800. The van der Waals surface area contributed by atoms with Gasteiger partial charge in [-0.2, -0.15) is 4.37 Å². The fraction of sp³-hybridized carbons (Fsp3) is 0.520. The van der Waals surface area contributed by atoms with Crippen LogP contribution >= 0.6 is 11.5 Å². The van der Waals surface area contributed by atoms with Crippen LogP contribution in [-0.2, 0) is 4.79 Å². The predicted molar refractivity (Wildman–Crippen MR) is 138 cm³/mol. The fourth-order valence-electron chi connectivity index (χ4n) is 3.58. The maximum absolute atomic E-state index is 13.8. The number of hydrogen-bond acceptors (Lipinski definition) is 6. The highest BCUT2D eigenvalue weighted by Crippen LogP contribution is 2.30. The fourth-order valence-corrected chi connectivity index (χ4v) is 4.32. The summed E-state index contributed by atoms with van der Waals surface area (Å²) in [6.45, 7) is 12.9. The van der Waals surface area contributed by atoms with Crippen molar-refractivity contribution in [2.24, 2.45) is 17.6 Å². The summed E-state index contributed by atoms with van der Waals surface area (Å²) >= 11 is 0.815. The van der Waals surface area contributed by atoms with Gasteiger partial charge in [0.15, 0.2) is 5.69 Å². The average molecular weight is 488 g/mol. The third-order valence-electron chi connectivity index (χ3n) is 5.54. The van der Waals surface area contributed by atoms with Crippen LogP contribution in [0.3, 0.4) is 0 Å². The largest absolute Gasteiger partial charge is 0.395 e. The molecule has 1 atom stereocenters. The molecule has 0 aliphatic carbocycles. The van der Waals surface area contributed by atoms with Crippen LogP contribution in [0, 0.1) is 11.8 Å². The topological polar surface area (TPSA) is 131 Å². The Morgan fingerprint density at radius 3 is 2.12 bits per heavy atom. The number of nitrogen functional groups attached to an aromatic ring is 1. The lowest BCUT2D eigenvalue weighted by Gasteiger charge is -2.32. The molecule has 8 nitrogen and oxygen atoms in total. The lowest BCUT2D eigenvalue weighted by molar-refractivity contribution is -0.122. The molecule has 1 aromatic carbocycles. The number of nitrogens with two attached hydrogens (primary N) is 2. The van der Waals surface area contributed by atoms with Gasteiger partial charge in [-0.3, -0.25) is 19.3 Å². The van der Waals surface area contributed by atoms with Crippen LogP contribution in [0.1, 0.15) is 86.0 Å². The summed E-state index contributed by atoms with van der Waals surface area (Å²) in [5.74, 6) is -0.608. The molecule has 2 aromatic rings. The number of carbonyl (C=O) groups excluding carboxylic acids is 3. The Morgan fingerprint density at radius 1 is 1.03 bits per heavy atom. The smallest absolute Gasteiger partial charge is 0.272 e. The first-order valence-corrected chi connectivity index (χ1v) is 12.5. The zero-order chi connectivity index (χ0) is 25.6. The average Bonchev–Trinajstić information content (AvgIpc) is 3.14. The molecule has 0 spiro atoms. The normalized spacial score (nSPS) is 12.3. The molecule has 0 aliphatic heterocycles. The molecule has 9 heteroatoms. The number of amides is 3. The van der Waals surface area contributed by atoms with E-state index in [0.29, 0.717) is 30.5 Å². The van der Waals surface area contributed by atoms with Crippen molar-refractivity contribution in [3.05, 3.63) is 40.4 Å². The molecule has 0 bridgehead atoms. The second-order valence-electron chi connectivity index (χ2n) is 9.68. The van der Waals surface area contributed by atoms with Crippen molar-refractivity contribution in [3.8, 4) is 0 Å². The molecular formula is C25H37N5O3S. The Labute approximate surface area is 206 Å². The van der Waals surface area contributed by atoms with Crippen LogP contribution in [0.5, 0.6) is 0 Å². The zero-order valence-corrected chi connectivity index (χ0v) is 21.7. The predicted octanol–water partition coefficient (Wildman–Crippen LogP) is 4.17. The molecule has 186 valence electrons. The number of benzene rings is 1. The van der Waals surface area contributed by atoms with Crippen molar-refractivity contribution in [1.82, 2.24) is 9.69 Å². The molecule has 1 aromatic heterocycles. The first-order chi connectivity index (χ1) is 15.9. The second kappa shape index (κ2) is 12.0. The van der Waals surface area contributed by atoms with E-state index >= 15 is 0 Å². The van der Waals surface area contributed by atoms with Gasteiger partial charge in [0.25, 0.3) is 11.8 Å². The van der Waals surface area contributed by atoms with Gasteiger partial charge in [0.2, 0.25) is 5.91 Å². The summed E-state index contributed by atoms with van der Waals surface area (Å²) in [6.07, 6.45) is 1.29. The minimum absolute atomic E-state index is 0.0604. The first-order valence-electron chi connectivity index (χ1n) is 11.7. The number of nitrogens with one attached hydrogen (secondary N) is 1. The SMILES string of the molecule is CC(C)CCNC(=O)C(CC(C)C)N(C(=O)c1snc(C(N)=O)c1N)c1ccc(C(C)C)cc1. The van der Waals surface area contributed by atoms with Gasteiger partial charge in [0, 0.05) is 12.2 Å². The van der Waals surface area contributed by atoms with E-state index in [4.69, 9.17) is 11.5 Å². The summed E-state index contributed by atoms with van der Waals surface area (Å²) in [6, 6.07) is 6.83. The number of primary amides is 1. The van der Waals surface area contributed by atoms with Crippen LogP contribution in [0.15, 0.2) is 24.3 Å². The van der Waals surface area contributed by atoms with Crippen LogP contribution in [0.25, 0.3) is 0 Å². The number of aromatic nitrogens is 1.